The van der Waals surface area contributed by atoms with Gasteiger partial charge in [0.2, 0.25) is 10.0 Å². The fourth-order valence-corrected chi connectivity index (χ4v) is 3.95. The van der Waals surface area contributed by atoms with Gasteiger partial charge in [-0.1, -0.05) is 32.4 Å². The van der Waals surface area contributed by atoms with E-state index in [4.69, 9.17) is 0 Å². The predicted octanol–water partition coefficient (Wildman–Crippen LogP) is 4.34. The van der Waals surface area contributed by atoms with Crippen molar-refractivity contribution in [3.63, 3.8) is 0 Å². The van der Waals surface area contributed by atoms with Gasteiger partial charge >= 0.3 is 0 Å². The summed E-state index contributed by atoms with van der Waals surface area (Å²) in [5, 5.41) is 2.81. The first-order valence-electron chi connectivity index (χ1n) is 8.57. The van der Waals surface area contributed by atoms with Gasteiger partial charge in [-0.15, -0.1) is 0 Å². The van der Waals surface area contributed by atoms with Gasteiger partial charge in [-0.25, -0.2) is 13.1 Å². The molecule has 0 bridgehead atoms. The number of unbranched alkanes of at least 4 members (excludes halogenated alkanes) is 1. The summed E-state index contributed by atoms with van der Waals surface area (Å²) in [6.07, 6.45) is 3.28. The van der Waals surface area contributed by atoms with Crippen LogP contribution in [0.4, 0.5) is 5.69 Å². The molecule has 0 aliphatic rings. The summed E-state index contributed by atoms with van der Waals surface area (Å²) in [5.41, 5.74) is 2.16. The summed E-state index contributed by atoms with van der Waals surface area (Å²) in [4.78, 5) is 12.6. The molecular formula is C19H23BrN2O3S. The molecule has 2 N–H and O–H groups in total. The highest BCUT2D eigenvalue weighted by molar-refractivity contribution is 9.10. The molecule has 140 valence electrons. The third kappa shape index (κ3) is 5.40. The third-order valence-corrected chi connectivity index (χ3v) is 6.09. The van der Waals surface area contributed by atoms with Gasteiger partial charge in [-0.3, -0.25) is 4.79 Å². The Morgan fingerprint density at radius 2 is 1.77 bits per heavy atom. The van der Waals surface area contributed by atoms with Crippen LogP contribution in [-0.4, -0.2) is 20.9 Å². The first-order chi connectivity index (χ1) is 12.4. The van der Waals surface area contributed by atoms with E-state index >= 15 is 0 Å². The monoisotopic (exact) mass is 438 g/mol. The number of rotatable bonds is 8. The molecule has 0 saturated carbocycles. The first-order valence-corrected chi connectivity index (χ1v) is 10.8. The minimum absolute atomic E-state index is 0.0580. The summed E-state index contributed by atoms with van der Waals surface area (Å²) in [7, 11) is -3.62. The molecule has 0 fully saturated rings. The van der Waals surface area contributed by atoms with Crippen LogP contribution in [-0.2, 0) is 16.4 Å². The van der Waals surface area contributed by atoms with E-state index in [0.717, 1.165) is 19.3 Å². The quantitative estimate of drug-likeness (QED) is 0.643. The smallest absolute Gasteiger partial charge is 0.256 e. The highest BCUT2D eigenvalue weighted by Gasteiger charge is 2.18. The Kier molecular flexibility index (Phi) is 7.37. The van der Waals surface area contributed by atoms with Crippen LogP contribution in [0.25, 0.3) is 0 Å². The lowest BCUT2D eigenvalue weighted by Gasteiger charge is -2.10. The van der Waals surface area contributed by atoms with Crippen molar-refractivity contribution in [2.24, 2.45) is 0 Å². The van der Waals surface area contributed by atoms with Crippen molar-refractivity contribution < 1.29 is 13.2 Å². The van der Waals surface area contributed by atoms with E-state index in [1.807, 2.05) is 24.3 Å². The molecule has 2 aromatic rings. The summed E-state index contributed by atoms with van der Waals surface area (Å²) >= 11 is 3.31. The topological polar surface area (TPSA) is 75.3 Å². The Hall–Kier alpha value is -1.70. The second-order valence-electron chi connectivity index (χ2n) is 5.90. The van der Waals surface area contributed by atoms with Crippen molar-refractivity contribution in [1.82, 2.24) is 4.72 Å². The number of sulfonamides is 1. The van der Waals surface area contributed by atoms with E-state index in [1.54, 1.807) is 13.0 Å². The molecule has 0 aliphatic carbocycles. The molecule has 0 spiro atoms. The van der Waals surface area contributed by atoms with Crippen molar-refractivity contribution in [3.8, 4) is 0 Å². The Bertz CT molecular complexity index is 865. The second kappa shape index (κ2) is 9.30. The highest BCUT2D eigenvalue weighted by atomic mass is 79.9. The number of aryl methyl sites for hydroxylation is 1. The molecule has 2 rings (SSSR count). The van der Waals surface area contributed by atoms with Crippen molar-refractivity contribution in [3.05, 3.63) is 58.1 Å². The number of halogens is 1. The average Bonchev–Trinajstić information content (AvgIpc) is 2.61. The van der Waals surface area contributed by atoms with Gasteiger partial charge in [-0.2, -0.15) is 0 Å². The van der Waals surface area contributed by atoms with Crippen LogP contribution in [0.15, 0.2) is 51.8 Å². The fraction of sp³-hybridized carbons (Fsp3) is 0.316. The molecule has 0 unspecified atom stereocenters. The number of anilines is 1. The standard InChI is InChI=1S/C19H23BrN2O3S/c1-3-5-6-14-7-9-15(10-8-14)22-19(23)17-13-16(11-12-18(17)20)26(24,25)21-4-2/h7-13,21H,3-6H2,1-2H3,(H,22,23). The number of benzene rings is 2. The number of hydrogen-bond acceptors (Lipinski definition) is 3. The van der Waals surface area contributed by atoms with Gasteiger partial charge in [0.25, 0.3) is 5.91 Å². The minimum Gasteiger partial charge on any atom is -0.322 e. The van der Waals surface area contributed by atoms with E-state index in [9.17, 15) is 13.2 Å². The largest absolute Gasteiger partial charge is 0.322 e. The van der Waals surface area contributed by atoms with Gasteiger partial charge in [0.05, 0.1) is 10.5 Å². The van der Waals surface area contributed by atoms with E-state index in [0.29, 0.717) is 10.2 Å². The number of nitrogens with one attached hydrogen (secondary N) is 2. The van der Waals surface area contributed by atoms with Crippen molar-refractivity contribution in [2.75, 3.05) is 11.9 Å². The van der Waals surface area contributed by atoms with Gasteiger partial charge in [0.15, 0.2) is 0 Å². The maximum atomic E-state index is 12.6. The summed E-state index contributed by atoms with van der Waals surface area (Å²) in [6, 6.07) is 12.1. The molecule has 0 saturated heterocycles. The van der Waals surface area contributed by atoms with Crippen molar-refractivity contribution in [2.45, 2.75) is 38.0 Å². The van der Waals surface area contributed by atoms with Gasteiger partial charge < -0.3 is 5.32 Å². The predicted molar refractivity (Wildman–Crippen MR) is 108 cm³/mol. The Labute approximate surface area is 163 Å². The van der Waals surface area contributed by atoms with Gasteiger partial charge in [0.1, 0.15) is 0 Å². The highest BCUT2D eigenvalue weighted by Crippen LogP contribution is 2.22. The molecule has 0 aliphatic heterocycles. The van der Waals surface area contributed by atoms with Crippen LogP contribution in [0.1, 0.15) is 42.6 Å². The zero-order chi connectivity index (χ0) is 19.2. The molecule has 0 heterocycles. The molecule has 0 aromatic heterocycles. The van der Waals surface area contributed by atoms with Crippen LogP contribution < -0.4 is 10.0 Å². The average molecular weight is 439 g/mol. The fourth-order valence-electron chi connectivity index (χ4n) is 2.45. The lowest BCUT2D eigenvalue weighted by Crippen LogP contribution is -2.23. The van der Waals surface area contributed by atoms with Gasteiger partial charge in [0, 0.05) is 16.7 Å². The number of amides is 1. The zero-order valence-corrected chi connectivity index (χ0v) is 17.3. The molecular weight excluding hydrogens is 416 g/mol. The van der Waals surface area contributed by atoms with Crippen LogP contribution in [0, 0.1) is 0 Å². The van der Waals surface area contributed by atoms with Crippen LogP contribution in [0.3, 0.4) is 0 Å². The van der Waals surface area contributed by atoms with E-state index < -0.39 is 10.0 Å². The maximum Gasteiger partial charge on any atom is 0.256 e. The van der Waals surface area contributed by atoms with Crippen LogP contribution >= 0.6 is 15.9 Å². The maximum absolute atomic E-state index is 12.6. The molecule has 2 aromatic carbocycles. The number of hydrogen-bond donors (Lipinski definition) is 2. The van der Waals surface area contributed by atoms with E-state index in [-0.39, 0.29) is 22.9 Å². The van der Waals surface area contributed by atoms with Crippen LogP contribution in [0.5, 0.6) is 0 Å². The molecule has 7 heteroatoms. The van der Waals surface area contributed by atoms with E-state index in [1.165, 1.54) is 17.7 Å². The summed E-state index contributed by atoms with van der Waals surface area (Å²) in [5.74, 6) is -0.369. The Balaban J connectivity index is 2.19. The summed E-state index contributed by atoms with van der Waals surface area (Å²) < 4.78 is 27.2. The number of carbonyl (C=O) groups excluding carboxylic acids is 1. The molecule has 1 amide bonds. The SMILES string of the molecule is CCCCc1ccc(NC(=O)c2cc(S(=O)(=O)NCC)ccc2Br)cc1. The molecule has 5 nitrogen and oxygen atoms in total. The number of carbonyl (C=O) groups is 1. The third-order valence-electron chi connectivity index (χ3n) is 3.86. The molecule has 0 radical (unpaired) electrons. The lowest BCUT2D eigenvalue weighted by atomic mass is 10.1. The van der Waals surface area contributed by atoms with Crippen LogP contribution in [0.2, 0.25) is 0 Å². The second-order valence-corrected chi connectivity index (χ2v) is 8.52. The Morgan fingerprint density at radius 1 is 1.08 bits per heavy atom. The zero-order valence-electron chi connectivity index (χ0n) is 14.9. The lowest BCUT2D eigenvalue weighted by molar-refractivity contribution is 0.102. The normalized spacial score (nSPS) is 11.3. The van der Waals surface area contributed by atoms with Crippen molar-refractivity contribution in [1.29, 1.82) is 0 Å². The van der Waals surface area contributed by atoms with Crippen molar-refractivity contribution >= 4 is 37.5 Å². The minimum atomic E-state index is -3.62. The van der Waals surface area contributed by atoms with E-state index in [2.05, 4.69) is 32.9 Å². The first kappa shape index (κ1) is 20.6. The van der Waals surface area contributed by atoms with Gasteiger partial charge in [-0.05, 0) is 64.7 Å². The summed E-state index contributed by atoms with van der Waals surface area (Å²) in [6.45, 7) is 4.13. The Morgan fingerprint density at radius 3 is 2.38 bits per heavy atom. The molecule has 0 atom stereocenters. The molecule has 26 heavy (non-hydrogen) atoms.